The van der Waals surface area contributed by atoms with E-state index in [1.54, 1.807) is 0 Å². The van der Waals surface area contributed by atoms with Crippen LogP contribution in [0.2, 0.25) is 0 Å². The van der Waals surface area contributed by atoms with Gasteiger partial charge in [0.05, 0.1) is 19.8 Å². The van der Waals surface area contributed by atoms with Gasteiger partial charge in [-0.3, -0.25) is 23.4 Å². The fraction of sp³-hybridized carbons (Fsp3) is 0.694. The van der Waals surface area contributed by atoms with Crippen LogP contribution >= 0.6 is 7.82 Å². The number of phosphoric ester groups is 1. The minimum absolute atomic E-state index is 0.144. The summed E-state index contributed by atoms with van der Waals surface area (Å²) in [6.45, 7) is 4.41. The zero-order valence-electron chi connectivity index (χ0n) is 46.8. The molecule has 0 aliphatic heterocycles. The highest BCUT2D eigenvalue weighted by atomic mass is 31.2. The molecule has 0 fully saturated rings. The normalized spacial score (nSPS) is 14.1. The Labute approximate surface area is 451 Å². The standard InChI is InChI=1S/C62H105O11P/c1-4-7-10-13-16-19-22-24-26-28-29-31-33-35-38-41-44-47-50-53-62(66)73-59(55-69-60(64)51-48-45-42-39-36-21-18-15-12-9-6-3)57-71-74(67,68)70-56-58(54-63)72-61(65)52-49-46-43-40-37-34-32-30-27-25-23-20-17-14-11-8-5-2/h8,11,15-20,24-27,29,31-32,34,58-59,63H,4-7,9-10,12-14,21-23,28,30,33,35-57H2,1-3H3,(H,67,68)/b11-8-,18-15-,19-16-,20-17-,26-24-,27-25-,31-29-,34-32-. The van der Waals surface area contributed by atoms with Crippen LogP contribution in [0.5, 0.6) is 0 Å². The largest absolute Gasteiger partial charge is 0.472 e. The summed E-state index contributed by atoms with van der Waals surface area (Å²) in [5, 5.41) is 9.82. The maximum Gasteiger partial charge on any atom is 0.472 e. The number of hydrogen-bond donors (Lipinski definition) is 2. The number of aliphatic hydroxyl groups is 1. The van der Waals surface area contributed by atoms with Gasteiger partial charge in [0.1, 0.15) is 12.7 Å². The molecule has 0 saturated carbocycles. The summed E-state index contributed by atoms with van der Waals surface area (Å²) in [5.41, 5.74) is 0. The first kappa shape index (κ1) is 70.4. The molecule has 0 aliphatic rings. The van der Waals surface area contributed by atoms with Crippen LogP contribution in [0.1, 0.15) is 239 Å². The number of aliphatic hydroxyl groups excluding tert-OH is 1. The molecule has 3 unspecified atom stereocenters. The van der Waals surface area contributed by atoms with Crippen LogP contribution < -0.4 is 0 Å². The van der Waals surface area contributed by atoms with Gasteiger partial charge < -0.3 is 24.2 Å². The van der Waals surface area contributed by atoms with Crippen LogP contribution in [0.15, 0.2) is 97.2 Å². The molecule has 12 heteroatoms. The summed E-state index contributed by atoms with van der Waals surface area (Å²) in [5.74, 6) is -1.52. The molecule has 0 amide bonds. The Morgan fingerprint density at radius 1 is 0.392 bits per heavy atom. The maximum absolute atomic E-state index is 12.9. The number of esters is 3. The van der Waals surface area contributed by atoms with E-state index in [-0.39, 0.29) is 25.9 Å². The van der Waals surface area contributed by atoms with E-state index in [9.17, 15) is 28.9 Å². The summed E-state index contributed by atoms with van der Waals surface area (Å²) in [4.78, 5) is 48.5. The lowest BCUT2D eigenvalue weighted by Gasteiger charge is -2.21. The van der Waals surface area contributed by atoms with Gasteiger partial charge in [-0.1, -0.05) is 201 Å². The maximum atomic E-state index is 12.9. The Morgan fingerprint density at radius 2 is 0.716 bits per heavy atom. The fourth-order valence-corrected chi connectivity index (χ4v) is 8.29. The Hall–Kier alpha value is -3.60. The molecule has 2 N–H and O–H groups in total. The first-order valence-electron chi connectivity index (χ1n) is 29.1. The molecule has 0 aliphatic carbocycles. The first-order valence-corrected chi connectivity index (χ1v) is 30.6. The molecule has 0 rings (SSSR count). The van der Waals surface area contributed by atoms with E-state index in [0.717, 1.165) is 141 Å². The molecule has 0 bridgehead atoms. The van der Waals surface area contributed by atoms with E-state index in [4.69, 9.17) is 23.3 Å². The summed E-state index contributed by atoms with van der Waals surface area (Å²) in [6.07, 6.45) is 65.0. The van der Waals surface area contributed by atoms with Crippen molar-refractivity contribution in [3.05, 3.63) is 97.2 Å². The van der Waals surface area contributed by atoms with Crippen molar-refractivity contribution >= 4 is 25.7 Å². The Balaban J connectivity index is 4.73. The second kappa shape index (κ2) is 55.6. The van der Waals surface area contributed by atoms with Gasteiger partial charge in [0.15, 0.2) is 6.10 Å². The van der Waals surface area contributed by atoms with E-state index >= 15 is 0 Å². The van der Waals surface area contributed by atoms with E-state index in [0.29, 0.717) is 19.3 Å². The average molecular weight is 1060 g/mol. The third-order valence-corrected chi connectivity index (χ3v) is 12.9. The minimum Gasteiger partial charge on any atom is -0.462 e. The molecule has 0 spiro atoms. The Bertz CT molecular complexity index is 1610. The molecule has 0 aromatic rings. The summed E-state index contributed by atoms with van der Waals surface area (Å²) in [7, 11) is -4.76. The predicted octanol–water partition coefficient (Wildman–Crippen LogP) is 17.3. The van der Waals surface area contributed by atoms with E-state index in [1.807, 2.05) is 0 Å². The van der Waals surface area contributed by atoms with Crippen molar-refractivity contribution in [1.82, 2.24) is 0 Å². The Kier molecular flexibility index (Phi) is 52.9. The van der Waals surface area contributed by atoms with Crippen molar-refractivity contribution in [2.24, 2.45) is 0 Å². The van der Waals surface area contributed by atoms with E-state index in [1.165, 1.54) is 38.5 Å². The van der Waals surface area contributed by atoms with Crippen LogP contribution in [0.4, 0.5) is 0 Å². The summed E-state index contributed by atoms with van der Waals surface area (Å²) in [6, 6.07) is 0. The molecule has 424 valence electrons. The molecule has 0 heterocycles. The van der Waals surface area contributed by atoms with Crippen LogP contribution in [0.25, 0.3) is 0 Å². The molecule has 0 radical (unpaired) electrons. The van der Waals surface area contributed by atoms with Gasteiger partial charge >= 0.3 is 25.7 Å². The number of allylic oxidation sites excluding steroid dienone is 16. The van der Waals surface area contributed by atoms with Crippen LogP contribution in [-0.2, 0) is 42.2 Å². The van der Waals surface area contributed by atoms with Gasteiger partial charge in [-0.05, 0) is 116 Å². The van der Waals surface area contributed by atoms with Crippen molar-refractivity contribution in [2.75, 3.05) is 26.4 Å². The van der Waals surface area contributed by atoms with Gasteiger partial charge in [0, 0.05) is 19.3 Å². The zero-order valence-corrected chi connectivity index (χ0v) is 47.7. The van der Waals surface area contributed by atoms with Crippen molar-refractivity contribution in [3.8, 4) is 0 Å². The van der Waals surface area contributed by atoms with Crippen molar-refractivity contribution < 1.29 is 52.2 Å². The molecule has 0 aromatic carbocycles. The van der Waals surface area contributed by atoms with Crippen molar-refractivity contribution in [2.45, 2.75) is 251 Å². The van der Waals surface area contributed by atoms with Crippen LogP contribution in [-0.4, -0.2) is 66.5 Å². The molecule has 0 aromatic heterocycles. The van der Waals surface area contributed by atoms with E-state index < -0.39 is 57.8 Å². The number of hydrogen-bond acceptors (Lipinski definition) is 10. The topological polar surface area (TPSA) is 155 Å². The molecular formula is C62H105O11P. The SMILES string of the molecule is CC/C=C\C/C=C\C/C=C\C/C=C\CCCCCCC(=O)OC(CO)COP(=O)(O)OCC(COC(=O)CCCCCCC/C=C\CCCC)OC(=O)CCCCCCCC/C=C\C/C=C\C/C=C\CCCCC. The summed E-state index contributed by atoms with van der Waals surface area (Å²) >= 11 is 0. The van der Waals surface area contributed by atoms with E-state index in [2.05, 4.69) is 118 Å². The van der Waals surface area contributed by atoms with Crippen LogP contribution in [0.3, 0.4) is 0 Å². The molecule has 3 atom stereocenters. The molecule has 11 nitrogen and oxygen atoms in total. The fourth-order valence-electron chi connectivity index (χ4n) is 7.51. The average Bonchev–Trinajstić information content (AvgIpc) is 3.39. The number of rotatable bonds is 53. The van der Waals surface area contributed by atoms with Crippen LogP contribution in [0, 0.1) is 0 Å². The quantitative estimate of drug-likeness (QED) is 0.0197. The van der Waals surface area contributed by atoms with Gasteiger partial charge in [-0.25, -0.2) is 4.57 Å². The predicted molar refractivity (Wildman–Crippen MR) is 307 cm³/mol. The number of carbonyl (C=O) groups excluding carboxylic acids is 3. The summed E-state index contributed by atoms with van der Waals surface area (Å²) < 4.78 is 39.5. The lowest BCUT2D eigenvalue weighted by Crippen LogP contribution is -2.30. The number of phosphoric acid groups is 1. The second-order valence-corrected chi connectivity index (χ2v) is 20.5. The third kappa shape index (κ3) is 53.2. The monoisotopic (exact) mass is 1060 g/mol. The first-order chi connectivity index (χ1) is 36.2. The van der Waals surface area contributed by atoms with Gasteiger partial charge in [0.25, 0.3) is 0 Å². The highest BCUT2D eigenvalue weighted by Gasteiger charge is 2.28. The number of ether oxygens (including phenoxy) is 3. The highest BCUT2D eigenvalue weighted by molar-refractivity contribution is 7.47. The Morgan fingerprint density at radius 3 is 1.14 bits per heavy atom. The van der Waals surface area contributed by atoms with Gasteiger partial charge in [-0.2, -0.15) is 0 Å². The van der Waals surface area contributed by atoms with Crippen molar-refractivity contribution in [3.63, 3.8) is 0 Å². The highest BCUT2D eigenvalue weighted by Crippen LogP contribution is 2.43. The zero-order chi connectivity index (χ0) is 54.1. The second-order valence-electron chi connectivity index (χ2n) is 19.1. The minimum atomic E-state index is -4.76. The smallest absolute Gasteiger partial charge is 0.462 e. The lowest BCUT2D eigenvalue weighted by atomic mass is 10.1. The molecule has 74 heavy (non-hydrogen) atoms. The van der Waals surface area contributed by atoms with Gasteiger partial charge in [0.2, 0.25) is 0 Å². The lowest BCUT2D eigenvalue weighted by molar-refractivity contribution is -0.161. The molecule has 0 saturated heterocycles. The van der Waals surface area contributed by atoms with Gasteiger partial charge in [-0.15, -0.1) is 0 Å². The molecular weight excluding hydrogens is 952 g/mol. The number of carbonyl (C=O) groups is 3. The number of unbranched alkanes of at least 4 members (excludes halogenated alkanes) is 20. The third-order valence-electron chi connectivity index (χ3n) is 12.0. The van der Waals surface area contributed by atoms with Crippen molar-refractivity contribution in [1.29, 1.82) is 0 Å².